The largest absolute Gasteiger partial charge is 0.438 e. The molecule has 0 atom stereocenters. The zero-order valence-corrected chi connectivity index (χ0v) is 16.5. The number of ether oxygens (including phenoxy) is 1. The predicted molar refractivity (Wildman–Crippen MR) is 114 cm³/mol. The lowest BCUT2D eigenvalue weighted by atomic mass is 10.2. The lowest BCUT2D eigenvalue weighted by molar-refractivity contribution is 0.102. The van der Waals surface area contributed by atoms with E-state index in [0.717, 1.165) is 5.65 Å². The minimum atomic E-state index is -0.232. The summed E-state index contributed by atoms with van der Waals surface area (Å²) < 4.78 is 9.11. The van der Waals surface area contributed by atoms with Gasteiger partial charge in [0.1, 0.15) is 17.1 Å². The van der Waals surface area contributed by atoms with Gasteiger partial charge in [-0.15, -0.1) is 10.2 Å². The predicted octanol–water partition coefficient (Wildman–Crippen LogP) is 3.66. The summed E-state index contributed by atoms with van der Waals surface area (Å²) in [5, 5.41) is 15.2. The second kappa shape index (κ2) is 7.71. The number of fused-ring (bicyclic) bond motifs is 1. The highest BCUT2D eigenvalue weighted by Crippen LogP contribution is 2.22. The number of pyridine rings is 1. The van der Waals surface area contributed by atoms with Crippen LogP contribution in [0.25, 0.3) is 11.5 Å². The molecule has 0 spiro atoms. The van der Waals surface area contributed by atoms with Crippen LogP contribution in [0.15, 0.2) is 79.3 Å². The average Bonchev–Trinajstić information content (AvgIpc) is 3.43. The number of imidazole rings is 1. The lowest BCUT2D eigenvalue weighted by Gasteiger charge is -2.08. The molecule has 5 aromatic rings. The molecule has 4 aromatic heterocycles. The van der Waals surface area contributed by atoms with Crippen LogP contribution in [0.3, 0.4) is 0 Å². The van der Waals surface area contributed by atoms with E-state index in [9.17, 15) is 4.79 Å². The van der Waals surface area contributed by atoms with E-state index < -0.39 is 0 Å². The van der Waals surface area contributed by atoms with E-state index in [4.69, 9.17) is 4.74 Å². The fourth-order valence-electron chi connectivity index (χ4n) is 3.20. The Kier molecular flexibility index (Phi) is 4.60. The van der Waals surface area contributed by atoms with Crippen LogP contribution in [0.1, 0.15) is 16.2 Å². The Hall–Kier alpha value is -4.53. The molecule has 1 amide bonds. The van der Waals surface area contributed by atoms with E-state index in [0.29, 0.717) is 34.5 Å². The molecule has 0 aliphatic carbocycles. The van der Waals surface area contributed by atoms with Crippen LogP contribution in [-0.4, -0.2) is 35.3 Å². The molecule has 0 aliphatic heterocycles. The van der Waals surface area contributed by atoms with E-state index in [2.05, 4.69) is 25.6 Å². The van der Waals surface area contributed by atoms with E-state index in [1.807, 2.05) is 37.4 Å². The summed E-state index contributed by atoms with van der Waals surface area (Å²) >= 11 is 0. The van der Waals surface area contributed by atoms with Crippen LogP contribution in [0.2, 0.25) is 0 Å². The fraction of sp³-hybridized carbons (Fsp3) is 0.0455. The summed E-state index contributed by atoms with van der Waals surface area (Å²) in [5.74, 6) is 1.29. The summed E-state index contributed by atoms with van der Waals surface area (Å²) in [5.41, 5.74) is 2.54. The number of nitrogens with one attached hydrogen (secondary N) is 1. The number of hydrogen-bond acceptors (Lipinski definition) is 6. The van der Waals surface area contributed by atoms with Crippen molar-refractivity contribution in [3.63, 3.8) is 0 Å². The van der Waals surface area contributed by atoms with Gasteiger partial charge in [-0.2, -0.15) is 5.10 Å². The Morgan fingerprint density at radius 1 is 0.968 bits per heavy atom. The van der Waals surface area contributed by atoms with Gasteiger partial charge >= 0.3 is 0 Å². The molecule has 31 heavy (non-hydrogen) atoms. The first-order valence-electron chi connectivity index (χ1n) is 9.54. The SMILES string of the molecule is Cc1nc2ccccn2c1C(=O)Nc1ccc(Oc2ccc(-n3cccn3)nn2)cc1. The van der Waals surface area contributed by atoms with Crippen molar-refractivity contribution in [3.05, 3.63) is 90.6 Å². The summed E-state index contributed by atoms with van der Waals surface area (Å²) in [6.07, 6.45) is 5.27. The minimum absolute atomic E-state index is 0.232. The topological polar surface area (TPSA) is 99.2 Å². The summed E-state index contributed by atoms with van der Waals surface area (Å²) in [6.45, 7) is 1.82. The van der Waals surface area contributed by atoms with Crippen molar-refractivity contribution in [2.24, 2.45) is 0 Å². The third kappa shape index (κ3) is 3.71. The van der Waals surface area contributed by atoms with Crippen molar-refractivity contribution in [1.82, 2.24) is 29.4 Å². The highest BCUT2D eigenvalue weighted by molar-refractivity contribution is 6.04. The Morgan fingerprint density at radius 2 is 1.84 bits per heavy atom. The molecule has 0 saturated heterocycles. The van der Waals surface area contributed by atoms with Gasteiger partial charge in [0, 0.05) is 30.3 Å². The van der Waals surface area contributed by atoms with E-state index in [1.54, 1.807) is 57.9 Å². The van der Waals surface area contributed by atoms with Gasteiger partial charge in [-0.05, 0) is 55.5 Å². The van der Waals surface area contributed by atoms with Crippen molar-refractivity contribution in [3.8, 4) is 17.4 Å². The van der Waals surface area contributed by atoms with Crippen molar-refractivity contribution in [1.29, 1.82) is 0 Å². The standard InChI is InChI=1S/C22H17N7O2/c1-15-21(28-13-3-2-5-18(28)24-15)22(30)25-16-6-8-17(9-7-16)31-20-11-10-19(26-27-20)29-14-4-12-23-29/h2-14H,1H3,(H,25,30). The lowest BCUT2D eigenvalue weighted by Crippen LogP contribution is -2.15. The first-order valence-corrected chi connectivity index (χ1v) is 9.54. The Bertz CT molecular complexity index is 1340. The maximum atomic E-state index is 12.8. The molecule has 1 aromatic carbocycles. The summed E-state index contributed by atoms with van der Waals surface area (Å²) in [6, 6.07) is 17.9. The highest BCUT2D eigenvalue weighted by atomic mass is 16.5. The smallest absolute Gasteiger partial charge is 0.274 e. The molecule has 1 N–H and O–H groups in total. The van der Waals surface area contributed by atoms with Gasteiger partial charge < -0.3 is 10.1 Å². The monoisotopic (exact) mass is 411 g/mol. The number of rotatable bonds is 5. The molecule has 9 nitrogen and oxygen atoms in total. The number of aryl methyl sites for hydroxylation is 1. The Balaban J connectivity index is 1.28. The van der Waals surface area contributed by atoms with E-state index >= 15 is 0 Å². The molecule has 0 aliphatic rings. The van der Waals surface area contributed by atoms with Gasteiger partial charge in [0.25, 0.3) is 5.91 Å². The zero-order valence-electron chi connectivity index (χ0n) is 16.5. The third-order valence-electron chi connectivity index (χ3n) is 4.62. The van der Waals surface area contributed by atoms with Crippen molar-refractivity contribution in [2.45, 2.75) is 6.92 Å². The number of hydrogen-bond donors (Lipinski definition) is 1. The molecular weight excluding hydrogens is 394 g/mol. The molecule has 0 saturated carbocycles. The van der Waals surface area contributed by atoms with Gasteiger partial charge in [0.2, 0.25) is 5.88 Å². The zero-order chi connectivity index (χ0) is 21.2. The van der Waals surface area contributed by atoms with Gasteiger partial charge in [-0.3, -0.25) is 9.20 Å². The van der Waals surface area contributed by atoms with Gasteiger partial charge in [-0.25, -0.2) is 9.67 Å². The number of benzene rings is 1. The fourth-order valence-corrected chi connectivity index (χ4v) is 3.20. The number of carbonyl (C=O) groups excluding carboxylic acids is 1. The normalized spacial score (nSPS) is 10.9. The number of carbonyl (C=O) groups is 1. The molecule has 0 fully saturated rings. The molecule has 0 unspecified atom stereocenters. The van der Waals surface area contributed by atoms with Crippen LogP contribution in [-0.2, 0) is 0 Å². The van der Waals surface area contributed by atoms with Crippen LogP contribution < -0.4 is 10.1 Å². The molecule has 4 heterocycles. The number of nitrogens with zero attached hydrogens (tertiary/aromatic N) is 6. The van der Waals surface area contributed by atoms with Crippen LogP contribution in [0.4, 0.5) is 5.69 Å². The third-order valence-corrected chi connectivity index (χ3v) is 4.62. The average molecular weight is 411 g/mol. The molecular formula is C22H17N7O2. The summed E-state index contributed by atoms with van der Waals surface area (Å²) in [7, 11) is 0. The molecule has 5 rings (SSSR count). The minimum Gasteiger partial charge on any atom is -0.438 e. The summed E-state index contributed by atoms with van der Waals surface area (Å²) in [4.78, 5) is 17.2. The molecule has 152 valence electrons. The quantitative estimate of drug-likeness (QED) is 0.474. The number of amides is 1. The van der Waals surface area contributed by atoms with Crippen LogP contribution in [0, 0.1) is 6.92 Å². The second-order valence-corrected chi connectivity index (χ2v) is 6.74. The van der Waals surface area contributed by atoms with E-state index in [-0.39, 0.29) is 5.91 Å². The maximum absolute atomic E-state index is 12.8. The second-order valence-electron chi connectivity index (χ2n) is 6.74. The highest BCUT2D eigenvalue weighted by Gasteiger charge is 2.16. The van der Waals surface area contributed by atoms with Crippen molar-refractivity contribution in [2.75, 3.05) is 5.32 Å². The van der Waals surface area contributed by atoms with Crippen molar-refractivity contribution < 1.29 is 9.53 Å². The first-order chi connectivity index (χ1) is 15.2. The maximum Gasteiger partial charge on any atom is 0.274 e. The molecule has 9 heteroatoms. The van der Waals surface area contributed by atoms with Crippen LogP contribution in [0.5, 0.6) is 11.6 Å². The Labute approximate surface area is 177 Å². The Morgan fingerprint density at radius 3 is 2.58 bits per heavy atom. The van der Waals surface area contributed by atoms with E-state index in [1.165, 1.54) is 0 Å². The van der Waals surface area contributed by atoms with Gasteiger partial charge in [-0.1, -0.05) is 6.07 Å². The number of anilines is 1. The number of aromatic nitrogens is 6. The molecule has 0 bridgehead atoms. The van der Waals surface area contributed by atoms with Gasteiger partial charge in [0.15, 0.2) is 5.82 Å². The first kappa shape index (κ1) is 18.5. The van der Waals surface area contributed by atoms with Gasteiger partial charge in [0.05, 0.1) is 5.69 Å². The molecule has 0 radical (unpaired) electrons. The van der Waals surface area contributed by atoms with Crippen molar-refractivity contribution >= 4 is 17.2 Å². The van der Waals surface area contributed by atoms with Crippen LogP contribution >= 0.6 is 0 Å².